The summed E-state index contributed by atoms with van der Waals surface area (Å²) in [5.74, 6) is 0. The van der Waals surface area contributed by atoms with Crippen LogP contribution in [0.5, 0.6) is 0 Å². The summed E-state index contributed by atoms with van der Waals surface area (Å²) in [6, 6.07) is 0. The fraction of sp³-hybridized carbons (Fsp3) is 0. The maximum atomic E-state index is 0. The van der Waals surface area contributed by atoms with E-state index in [2.05, 4.69) is 0 Å². The Labute approximate surface area is 121 Å². The predicted molar refractivity (Wildman–Crippen MR) is 44.6 cm³/mol. The van der Waals surface area contributed by atoms with Crippen molar-refractivity contribution in [3.05, 3.63) is 0 Å². The third-order valence-corrected chi connectivity index (χ3v) is 0. The molecular formula is H7CaCl3LiNa. The van der Waals surface area contributed by atoms with Gasteiger partial charge in [-0.1, -0.05) is 0 Å². The Hall–Kier alpha value is 3.73. The molecule has 0 aromatic rings. The van der Waals surface area contributed by atoms with Crippen molar-refractivity contribution in [1.82, 2.24) is 0 Å². The fourth-order valence-electron chi connectivity index (χ4n) is 0. The van der Waals surface area contributed by atoms with Crippen molar-refractivity contribution >= 4 is 123 Å². The molecular weight excluding hydrogens is 176 g/mol. The molecule has 6 heavy (non-hydrogen) atoms. The molecule has 0 heterocycles. The monoisotopic (exact) mass is 182 g/mol. The number of rotatable bonds is 0. The van der Waals surface area contributed by atoms with E-state index in [4.69, 9.17) is 0 Å². The van der Waals surface area contributed by atoms with E-state index < -0.39 is 0 Å². The average Bonchev–Trinajstić information content (AvgIpc) is 0. The molecule has 0 rings (SSSR count). The van der Waals surface area contributed by atoms with Crippen LogP contribution >= 0.6 is 37.2 Å². The molecule has 0 saturated carbocycles. The van der Waals surface area contributed by atoms with Gasteiger partial charge in [-0.25, -0.2) is 0 Å². The van der Waals surface area contributed by atoms with E-state index in [1.807, 2.05) is 0 Å². The van der Waals surface area contributed by atoms with Crippen LogP contribution in [-0.4, -0.2) is 86.2 Å². The van der Waals surface area contributed by atoms with E-state index >= 15 is 0 Å². The van der Waals surface area contributed by atoms with Crippen molar-refractivity contribution in [3.8, 4) is 0 Å². The van der Waals surface area contributed by atoms with Gasteiger partial charge in [0.05, 0.1) is 0 Å². The van der Waals surface area contributed by atoms with Crippen LogP contribution in [0, 0.1) is 0 Å². The first-order valence-corrected chi connectivity index (χ1v) is 0. The first kappa shape index (κ1) is 53.3. The van der Waals surface area contributed by atoms with Gasteiger partial charge >= 0.3 is 86.2 Å². The van der Waals surface area contributed by atoms with Gasteiger partial charge in [-0.05, 0) is 0 Å². The van der Waals surface area contributed by atoms with Gasteiger partial charge < -0.3 is 0 Å². The molecule has 0 N–H and O–H groups in total. The Morgan fingerprint density at radius 1 is 0.667 bits per heavy atom. The molecule has 0 atom stereocenters. The second kappa shape index (κ2) is 37.5. The summed E-state index contributed by atoms with van der Waals surface area (Å²) >= 11 is 0. The van der Waals surface area contributed by atoms with Gasteiger partial charge in [-0.15, -0.1) is 37.2 Å². The van der Waals surface area contributed by atoms with Gasteiger partial charge in [0.25, 0.3) is 0 Å². The Morgan fingerprint density at radius 2 is 0.667 bits per heavy atom. The van der Waals surface area contributed by atoms with E-state index in [1.54, 1.807) is 0 Å². The van der Waals surface area contributed by atoms with E-state index in [1.165, 1.54) is 0 Å². The summed E-state index contributed by atoms with van der Waals surface area (Å²) in [7, 11) is 0. The summed E-state index contributed by atoms with van der Waals surface area (Å²) in [6.45, 7) is 0. The minimum atomic E-state index is 0. The fourth-order valence-corrected chi connectivity index (χ4v) is 0. The molecule has 0 aromatic carbocycles. The molecule has 0 fully saturated rings. The van der Waals surface area contributed by atoms with Crippen molar-refractivity contribution in [1.29, 1.82) is 0 Å². The molecule has 0 aliphatic rings. The average molecular weight is 183 g/mol. The van der Waals surface area contributed by atoms with Crippen molar-refractivity contribution in [3.63, 3.8) is 0 Å². The molecule has 0 radical (unpaired) electrons. The van der Waals surface area contributed by atoms with Crippen LogP contribution in [0.2, 0.25) is 0 Å². The first-order valence-electron chi connectivity index (χ1n) is 0. The zero-order chi connectivity index (χ0) is 0. The van der Waals surface area contributed by atoms with Crippen molar-refractivity contribution in [2.45, 2.75) is 0 Å². The summed E-state index contributed by atoms with van der Waals surface area (Å²) in [4.78, 5) is 0. The third kappa shape index (κ3) is 25.2. The Morgan fingerprint density at radius 3 is 0.667 bits per heavy atom. The van der Waals surface area contributed by atoms with Gasteiger partial charge in [-0.3, -0.25) is 0 Å². The first-order chi connectivity index (χ1) is 0. The van der Waals surface area contributed by atoms with Crippen LogP contribution in [0.25, 0.3) is 0 Å². The van der Waals surface area contributed by atoms with Crippen LogP contribution in [-0.2, 0) is 0 Å². The molecule has 0 spiro atoms. The van der Waals surface area contributed by atoms with Gasteiger partial charge in [0.2, 0.25) is 0 Å². The van der Waals surface area contributed by atoms with Crippen molar-refractivity contribution in [2.24, 2.45) is 0 Å². The second-order valence-corrected chi connectivity index (χ2v) is 0. The summed E-state index contributed by atoms with van der Waals surface area (Å²) in [5.41, 5.74) is 0. The SMILES string of the molecule is Cl.Cl.Cl.[CaH2].[LiH].[NaH]. The van der Waals surface area contributed by atoms with Crippen molar-refractivity contribution in [2.75, 3.05) is 0 Å². The summed E-state index contributed by atoms with van der Waals surface area (Å²) in [5, 5.41) is 0. The Kier molecular flexibility index (Phi) is 333. The summed E-state index contributed by atoms with van der Waals surface area (Å²) in [6.07, 6.45) is 0. The number of hydrogen-bond acceptors (Lipinski definition) is 0. The van der Waals surface area contributed by atoms with E-state index in [0.29, 0.717) is 0 Å². The molecule has 6 heteroatoms. The molecule has 0 aliphatic heterocycles. The Balaban J connectivity index is 0. The van der Waals surface area contributed by atoms with Crippen LogP contribution < -0.4 is 0 Å². The molecule has 0 nitrogen and oxygen atoms in total. The molecule has 0 bridgehead atoms. The molecule has 0 amide bonds. The topological polar surface area (TPSA) is 0 Å². The molecule has 0 aromatic heterocycles. The van der Waals surface area contributed by atoms with E-state index in [-0.39, 0.29) is 123 Å². The van der Waals surface area contributed by atoms with Gasteiger partial charge in [0.1, 0.15) is 0 Å². The van der Waals surface area contributed by atoms with Gasteiger partial charge in [0.15, 0.2) is 0 Å². The zero-order valence-corrected chi connectivity index (χ0v) is 3.67. The van der Waals surface area contributed by atoms with Crippen molar-refractivity contribution < 1.29 is 0 Å². The number of hydrogen-bond donors (Lipinski definition) is 0. The molecule has 0 unspecified atom stereocenters. The zero-order valence-electron chi connectivity index (χ0n) is 1.22. The molecule has 32 valence electrons. The van der Waals surface area contributed by atoms with Crippen LogP contribution in [0.4, 0.5) is 0 Å². The second-order valence-electron chi connectivity index (χ2n) is 0. The quantitative estimate of drug-likeness (QED) is 0.425. The molecule has 0 aliphatic carbocycles. The molecule has 0 saturated heterocycles. The summed E-state index contributed by atoms with van der Waals surface area (Å²) < 4.78 is 0. The normalized spacial score (nSPS) is 0. The van der Waals surface area contributed by atoms with Gasteiger partial charge in [0, 0.05) is 0 Å². The third-order valence-electron chi connectivity index (χ3n) is 0. The minimum absolute atomic E-state index is 0. The standard InChI is InChI=1S/Ca.3ClH.Li.Na.4H/h;3*1H;;;;;;. The van der Waals surface area contributed by atoms with E-state index in [0.717, 1.165) is 0 Å². The van der Waals surface area contributed by atoms with Gasteiger partial charge in [-0.2, -0.15) is 0 Å². The predicted octanol–water partition coefficient (Wildman–Crippen LogP) is -0.948. The van der Waals surface area contributed by atoms with E-state index in [9.17, 15) is 0 Å². The maximum absolute atomic E-state index is 0. The Bertz CT molecular complexity index is 10.8. The van der Waals surface area contributed by atoms with Crippen LogP contribution in [0.1, 0.15) is 0 Å². The number of halogens is 3. The van der Waals surface area contributed by atoms with Crippen LogP contribution in [0.3, 0.4) is 0 Å². The van der Waals surface area contributed by atoms with Crippen LogP contribution in [0.15, 0.2) is 0 Å².